The van der Waals surface area contributed by atoms with Crippen LogP contribution in [-0.4, -0.2) is 35.8 Å². The van der Waals surface area contributed by atoms with Crippen molar-refractivity contribution in [1.29, 1.82) is 0 Å². The first-order valence-electron chi connectivity index (χ1n) is 7.04. The molecule has 4 heteroatoms. The number of allylic oxidation sites excluding steroid dienone is 1. The summed E-state index contributed by atoms with van der Waals surface area (Å²) in [5, 5.41) is 9.60. The lowest BCUT2D eigenvalue weighted by Crippen LogP contribution is -2.45. The highest BCUT2D eigenvalue weighted by Crippen LogP contribution is 2.28. The zero-order chi connectivity index (χ0) is 15.1. The molecular formula is C17H21NO3. The van der Waals surface area contributed by atoms with Gasteiger partial charge in [-0.15, -0.1) is 6.58 Å². The summed E-state index contributed by atoms with van der Waals surface area (Å²) in [6.45, 7) is 4.91. The van der Waals surface area contributed by atoms with Gasteiger partial charge in [0.15, 0.2) is 0 Å². The van der Waals surface area contributed by atoms with Crippen LogP contribution >= 0.6 is 0 Å². The Kier molecular flexibility index (Phi) is 5.17. The first kappa shape index (κ1) is 15.3. The third-order valence-electron chi connectivity index (χ3n) is 3.63. The summed E-state index contributed by atoms with van der Waals surface area (Å²) in [5.41, 5.74) is 0.518. The van der Waals surface area contributed by atoms with Gasteiger partial charge in [0.2, 0.25) is 0 Å². The molecule has 0 radical (unpaired) electrons. The summed E-state index contributed by atoms with van der Waals surface area (Å²) in [4.78, 5) is 13.8. The molecule has 1 atom stereocenters. The Hall–Kier alpha value is -2.07. The van der Waals surface area contributed by atoms with Crippen molar-refractivity contribution in [3.63, 3.8) is 0 Å². The fraction of sp³-hybridized carbons (Fsp3) is 0.353. The van der Waals surface area contributed by atoms with Gasteiger partial charge in [-0.25, -0.2) is 4.79 Å². The molecule has 1 N–H and O–H groups in total. The number of nitrogens with zero attached hydrogens (tertiary/aromatic N) is 1. The molecule has 0 bridgehead atoms. The molecule has 0 aromatic heterocycles. The fourth-order valence-electron chi connectivity index (χ4n) is 2.46. The molecule has 1 aliphatic rings. The molecule has 1 amide bonds. The van der Waals surface area contributed by atoms with Crippen molar-refractivity contribution < 1.29 is 14.6 Å². The van der Waals surface area contributed by atoms with E-state index in [0.29, 0.717) is 19.5 Å². The van der Waals surface area contributed by atoms with E-state index in [1.165, 1.54) is 0 Å². The number of rotatable bonds is 5. The lowest BCUT2D eigenvalue weighted by molar-refractivity contribution is 0.0684. The van der Waals surface area contributed by atoms with Crippen molar-refractivity contribution >= 4 is 6.09 Å². The van der Waals surface area contributed by atoms with E-state index >= 15 is 0 Å². The predicted molar refractivity (Wildman–Crippen MR) is 81.7 cm³/mol. The predicted octanol–water partition coefficient (Wildman–Crippen LogP) is 2.75. The van der Waals surface area contributed by atoms with E-state index in [9.17, 15) is 9.90 Å². The highest BCUT2D eigenvalue weighted by atomic mass is 16.6. The van der Waals surface area contributed by atoms with Gasteiger partial charge >= 0.3 is 6.09 Å². The zero-order valence-electron chi connectivity index (χ0n) is 12.1. The van der Waals surface area contributed by atoms with Crippen molar-refractivity contribution in [2.24, 2.45) is 5.41 Å². The largest absolute Gasteiger partial charge is 0.445 e. The Bertz CT molecular complexity index is 512. The molecule has 1 aliphatic heterocycles. The van der Waals surface area contributed by atoms with Crippen molar-refractivity contribution in [3.8, 4) is 0 Å². The highest BCUT2D eigenvalue weighted by molar-refractivity contribution is 5.68. The van der Waals surface area contributed by atoms with Crippen LogP contribution in [0.2, 0.25) is 0 Å². The minimum absolute atomic E-state index is 0.0159. The van der Waals surface area contributed by atoms with Gasteiger partial charge in [0.05, 0.1) is 6.61 Å². The zero-order valence-corrected chi connectivity index (χ0v) is 12.1. The third-order valence-corrected chi connectivity index (χ3v) is 3.63. The number of amides is 1. The maximum atomic E-state index is 12.1. The second-order valence-electron chi connectivity index (χ2n) is 5.34. The number of ether oxygens (including phenoxy) is 1. The second-order valence-corrected chi connectivity index (χ2v) is 5.34. The molecule has 0 spiro atoms. The third kappa shape index (κ3) is 3.95. The Labute approximate surface area is 125 Å². The van der Waals surface area contributed by atoms with E-state index in [2.05, 4.69) is 6.58 Å². The van der Waals surface area contributed by atoms with Crippen LogP contribution in [0.1, 0.15) is 12.0 Å². The molecule has 0 saturated carbocycles. The lowest BCUT2D eigenvalue weighted by Gasteiger charge is -2.36. The molecule has 1 heterocycles. The van der Waals surface area contributed by atoms with Gasteiger partial charge in [-0.05, 0) is 12.0 Å². The maximum absolute atomic E-state index is 12.1. The molecule has 21 heavy (non-hydrogen) atoms. The van der Waals surface area contributed by atoms with Gasteiger partial charge in [-0.1, -0.05) is 48.6 Å². The Morgan fingerprint density at radius 2 is 2.19 bits per heavy atom. The van der Waals surface area contributed by atoms with E-state index in [1.807, 2.05) is 42.5 Å². The average Bonchev–Trinajstić information content (AvgIpc) is 2.54. The van der Waals surface area contributed by atoms with E-state index in [1.54, 1.807) is 11.0 Å². The van der Waals surface area contributed by atoms with Gasteiger partial charge < -0.3 is 14.7 Å². The highest BCUT2D eigenvalue weighted by Gasteiger charge is 2.33. The number of carbonyl (C=O) groups excluding carboxylic acids is 1. The Balaban J connectivity index is 1.94. The summed E-state index contributed by atoms with van der Waals surface area (Å²) in [6.07, 6.45) is 5.90. The van der Waals surface area contributed by atoms with Crippen LogP contribution in [-0.2, 0) is 11.3 Å². The molecule has 0 unspecified atom stereocenters. The number of hydrogen-bond donors (Lipinski definition) is 1. The van der Waals surface area contributed by atoms with Crippen molar-refractivity contribution in [2.45, 2.75) is 13.0 Å². The molecule has 1 aromatic rings. The Morgan fingerprint density at radius 1 is 1.43 bits per heavy atom. The number of aliphatic hydroxyl groups excluding tert-OH is 1. The van der Waals surface area contributed by atoms with Crippen LogP contribution in [0.4, 0.5) is 4.79 Å². The molecule has 4 nitrogen and oxygen atoms in total. The number of benzene rings is 1. The Morgan fingerprint density at radius 3 is 2.86 bits per heavy atom. The van der Waals surface area contributed by atoms with E-state index in [0.717, 1.165) is 5.56 Å². The van der Waals surface area contributed by atoms with Gasteiger partial charge in [-0.2, -0.15) is 0 Å². The molecule has 112 valence electrons. The first-order valence-corrected chi connectivity index (χ1v) is 7.04. The summed E-state index contributed by atoms with van der Waals surface area (Å²) in [6, 6.07) is 9.57. The van der Waals surface area contributed by atoms with Gasteiger partial charge in [-0.3, -0.25) is 0 Å². The van der Waals surface area contributed by atoms with Gasteiger partial charge in [0.1, 0.15) is 6.61 Å². The fourth-order valence-corrected chi connectivity index (χ4v) is 2.46. The number of carbonyl (C=O) groups is 1. The average molecular weight is 287 g/mol. The smallest absolute Gasteiger partial charge is 0.410 e. The topological polar surface area (TPSA) is 49.8 Å². The first-order chi connectivity index (χ1) is 10.2. The normalized spacial score (nSPS) is 21.1. The summed E-state index contributed by atoms with van der Waals surface area (Å²) in [5.74, 6) is 0. The van der Waals surface area contributed by atoms with Gasteiger partial charge in [0, 0.05) is 18.5 Å². The SMILES string of the molecule is C=CC[C@]1(CO)C=CCN(C(=O)OCc2ccccc2)C1. The summed E-state index contributed by atoms with van der Waals surface area (Å²) >= 11 is 0. The molecule has 0 saturated heterocycles. The molecular weight excluding hydrogens is 266 g/mol. The van der Waals surface area contributed by atoms with Crippen LogP contribution in [0.15, 0.2) is 55.1 Å². The molecule has 2 rings (SSSR count). The minimum Gasteiger partial charge on any atom is -0.445 e. The lowest BCUT2D eigenvalue weighted by atomic mass is 9.82. The van der Waals surface area contributed by atoms with Crippen LogP contribution in [0.25, 0.3) is 0 Å². The minimum atomic E-state index is -0.439. The number of hydrogen-bond acceptors (Lipinski definition) is 3. The van der Waals surface area contributed by atoms with Crippen molar-refractivity contribution in [1.82, 2.24) is 4.90 Å². The summed E-state index contributed by atoms with van der Waals surface area (Å²) in [7, 11) is 0. The van der Waals surface area contributed by atoms with Crippen molar-refractivity contribution in [2.75, 3.05) is 19.7 Å². The van der Waals surface area contributed by atoms with Crippen LogP contribution in [0.3, 0.4) is 0 Å². The van der Waals surface area contributed by atoms with Crippen LogP contribution in [0, 0.1) is 5.41 Å². The van der Waals surface area contributed by atoms with E-state index in [4.69, 9.17) is 4.74 Å². The quantitative estimate of drug-likeness (QED) is 0.847. The van der Waals surface area contributed by atoms with E-state index < -0.39 is 5.41 Å². The van der Waals surface area contributed by atoms with Crippen molar-refractivity contribution in [3.05, 3.63) is 60.7 Å². The van der Waals surface area contributed by atoms with Crippen LogP contribution in [0.5, 0.6) is 0 Å². The maximum Gasteiger partial charge on any atom is 0.410 e. The molecule has 0 fully saturated rings. The van der Waals surface area contributed by atoms with Gasteiger partial charge in [0.25, 0.3) is 0 Å². The standard InChI is InChI=1S/C17H21NO3/c1-2-9-17(14-19)10-6-11-18(13-17)16(20)21-12-15-7-4-3-5-8-15/h2-8,10,19H,1,9,11-14H2/t17-/m0/s1. The summed E-state index contributed by atoms with van der Waals surface area (Å²) < 4.78 is 5.33. The molecule has 0 aliphatic carbocycles. The number of aliphatic hydroxyl groups is 1. The monoisotopic (exact) mass is 287 g/mol. The molecule has 1 aromatic carbocycles. The second kappa shape index (κ2) is 7.09. The van der Waals surface area contributed by atoms with Crippen LogP contribution < -0.4 is 0 Å². The van der Waals surface area contributed by atoms with E-state index in [-0.39, 0.29) is 19.3 Å².